The molecule has 0 bridgehead atoms. The number of hydrogen-bond donors (Lipinski definition) is 1. The van der Waals surface area contributed by atoms with E-state index in [2.05, 4.69) is 5.43 Å². The lowest BCUT2D eigenvalue weighted by Gasteiger charge is -2.14. The predicted molar refractivity (Wildman–Crippen MR) is 93.1 cm³/mol. The standard InChI is InChI=1S/C17H12Cl2N2O3/c1-24-15-7-4-12(19)8-10(15)9-14-16(22)20-21(17(14)23)13-5-2-11(18)3-6-13/h2-9H,1H3,(H,20,22)/b14-9+. The summed E-state index contributed by atoms with van der Waals surface area (Å²) in [7, 11) is 1.50. The quantitative estimate of drug-likeness (QED) is 0.671. The molecular formula is C17H12Cl2N2O3. The minimum atomic E-state index is -0.503. The van der Waals surface area contributed by atoms with Crippen LogP contribution in [0.1, 0.15) is 5.56 Å². The van der Waals surface area contributed by atoms with E-state index in [1.165, 1.54) is 18.2 Å². The summed E-state index contributed by atoms with van der Waals surface area (Å²) in [5, 5.41) is 2.18. The fourth-order valence-electron chi connectivity index (χ4n) is 2.30. The molecule has 1 aliphatic rings. The summed E-state index contributed by atoms with van der Waals surface area (Å²) in [6, 6.07) is 11.5. The molecule has 7 heteroatoms. The Morgan fingerprint density at radius 3 is 2.38 bits per heavy atom. The van der Waals surface area contributed by atoms with Gasteiger partial charge in [-0.15, -0.1) is 0 Å². The summed E-state index contributed by atoms with van der Waals surface area (Å²) < 4.78 is 5.23. The van der Waals surface area contributed by atoms with Crippen molar-refractivity contribution in [2.24, 2.45) is 0 Å². The zero-order chi connectivity index (χ0) is 17.3. The van der Waals surface area contributed by atoms with E-state index >= 15 is 0 Å². The van der Waals surface area contributed by atoms with Gasteiger partial charge in [0.15, 0.2) is 0 Å². The van der Waals surface area contributed by atoms with Crippen LogP contribution in [0.4, 0.5) is 5.69 Å². The molecule has 1 saturated heterocycles. The fourth-order valence-corrected chi connectivity index (χ4v) is 2.61. The molecule has 24 heavy (non-hydrogen) atoms. The van der Waals surface area contributed by atoms with Crippen LogP contribution in [0.25, 0.3) is 6.08 Å². The van der Waals surface area contributed by atoms with Crippen molar-refractivity contribution in [1.29, 1.82) is 0 Å². The maximum Gasteiger partial charge on any atom is 0.282 e. The molecule has 5 nitrogen and oxygen atoms in total. The van der Waals surface area contributed by atoms with E-state index in [-0.39, 0.29) is 5.57 Å². The lowest BCUT2D eigenvalue weighted by atomic mass is 10.1. The Kier molecular flexibility index (Phi) is 4.46. The van der Waals surface area contributed by atoms with Crippen LogP contribution in [-0.4, -0.2) is 18.9 Å². The van der Waals surface area contributed by atoms with Gasteiger partial charge in [-0.1, -0.05) is 23.2 Å². The van der Waals surface area contributed by atoms with Crippen molar-refractivity contribution >= 4 is 46.8 Å². The second-order valence-corrected chi connectivity index (χ2v) is 5.88. The van der Waals surface area contributed by atoms with Crippen LogP contribution in [0.3, 0.4) is 0 Å². The maximum absolute atomic E-state index is 12.6. The molecule has 0 aromatic heterocycles. The molecule has 3 rings (SSSR count). The SMILES string of the molecule is COc1ccc(Cl)cc1/C=C1\C(=O)NN(c2ccc(Cl)cc2)C1=O. The molecule has 0 unspecified atom stereocenters. The largest absolute Gasteiger partial charge is 0.496 e. The minimum Gasteiger partial charge on any atom is -0.496 e. The summed E-state index contributed by atoms with van der Waals surface area (Å²) in [4.78, 5) is 24.7. The van der Waals surface area contributed by atoms with Crippen LogP contribution in [-0.2, 0) is 9.59 Å². The number of carbonyl (C=O) groups is 2. The van der Waals surface area contributed by atoms with Crippen LogP contribution in [0, 0.1) is 0 Å². The molecule has 0 spiro atoms. The number of halogens is 2. The zero-order valence-corrected chi connectivity index (χ0v) is 14.1. The van der Waals surface area contributed by atoms with Crippen molar-refractivity contribution in [1.82, 2.24) is 5.43 Å². The Morgan fingerprint density at radius 2 is 1.71 bits per heavy atom. The first-order chi connectivity index (χ1) is 11.5. The fraction of sp³-hybridized carbons (Fsp3) is 0.0588. The normalized spacial score (nSPS) is 15.8. The van der Waals surface area contributed by atoms with Crippen LogP contribution < -0.4 is 15.2 Å². The van der Waals surface area contributed by atoms with Crippen molar-refractivity contribution in [3.05, 3.63) is 63.6 Å². The maximum atomic E-state index is 12.6. The number of hydrazine groups is 1. The van der Waals surface area contributed by atoms with Gasteiger partial charge in [-0.3, -0.25) is 15.0 Å². The monoisotopic (exact) mass is 362 g/mol. The van der Waals surface area contributed by atoms with Gasteiger partial charge in [0.25, 0.3) is 11.8 Å². The summed E-state index contributed by atoms with van der Waals surface area (Å²) in [6.45, 7) is 0. The summed E-state index contributed by atoms with van der Waals surface area (Å²) in [5.74, 6) is -0.459. The lowest BCUT2D eigenvalue weighted by Crippen LogP contribution is -2.35. The molecule has 1 aliphatic heterocycles. The Bertz CT molecular complexity index is 847. The highest BCUT2D eigenvalue weighted by Gasteiger charge is 2.34. The van der Waals surface area contributed by atoms with E-state index in [4.69, 9.17) is 27.9 Å². The summed E-state index contributed by atoms with van der Waals surface area (Å²) >= 11 is 11.8. The van der Waals surface area contributed by atoms with E-state index < -0.39 is 11.8 Å². The molecule has 0 atom stereocenters. The number of amides is 2. The minimum absolute atomic E-state index is 0.00878. The number of benzene rings is 2. The van der Waals surface area contributed by atoms with Crippen LogP contribution in [0.15, 0.2) is 48.0 Å². The molecule has 2 amide bonds. The van der Waals surface area contributed by atoms with Crippen LogP contribution in [0.5, 0.6) is 5.75 Å². The second-order valence-electron chi connectivity index (χ2n) is 5.00. The van der Waals surface area contributed by atoms with E-state index in [0.717, 1.165) is 0 Å². The average molecular weight is 363 g/mol. The van der Waals surface area contributed by atoms with Gasteiger partial charge < -0.3 is 4.74 Å². The van der Waals surface area contributed by atoms with Crippen molar-refractivity contribution in [2.45, 2.75) is 0 Å². The van der Waals surface area contributed by atoms with E-state index in [1.807, 2.05) is 0 Å². The van der Waals surface area contributed by atoms with Gasteiger partial charge in [-0.05, 0) is 48.5 Å². The first-order valence-corrected chi connectivity index (χ1v) is 7.71. The van der Waals surface area contributed by atoms with Crippen LogP contribution >= 0.6 is 23.2 Å². The zero-order valence-electron chi connectivity index (χ0n) is 12.5. The van der Waals surface area contributed by atoms with Crippen molar-refractivity contribution in [2.75, 3.05) is 12.1 Å². The van der Waals surface area contributed by atoms with Gasteiger partial charge >= 0.3 is 0 Å². The molecule has 0 radical (unpaired) electrons. The van der Waals surface area contributed by atoms with Crippen molar-refractivity contribution in [3.63, 3.8) is 0 Å². The topological polar surface area (TPSA) is 58.6 Å². The molecule has 2 aromatic carbocycles. The Balaban J connectivity index is 1.97. The Hall–Kier alpha value is -2.50. The van der Waals surface area contributed by atoms with E-state index in [1.54, 1.807) is 42.5 Å². The number of anilines is 1. The van der Waals surface area contributed by atoms with Crippen LogP contribution in [0.2, 0.25) is 10.0 Å². The third-order valence-electron chi connectivity index (χ3n) is 3.47. The van der Waals surface area contributed by atoms with Crippen molar-refractivity contribution in [3.8, 4) is 5.75 Å². The molecule has 2 aromatic rings. The highest BCUT2D eigenvalue weighted by Crippen LogP contribution is 2.28. The molecule has 1 N–H and O–H groups in total. The predicted octanol–water partition coefficient (Wildman–Crippen LogP) is 3.46. The van der Waals surface area contributed by atoms with Crippen molar-refractivity contribution < 1.29 is 14.3 Å². The number of methoxy groups -OCH3 is 1. The van der Waals surface area contributed by atoms with Gasteiger partial charge in [0.05, 0.1) is 12.8 Å². The third kappa shape index (κ3) is 3.09. The van der Waals surface area contributed by atoms with Gasteiger partial charge in [0, 0.05) is 15.6 Å². The smallest absolute Gasteiger partial charge is 0.282 e. The molecule has 1 heterocycles. The molecule has 1 fully saturated rings. The molecular weight excluding hydrogens is 351 g/mol. The highest BCUT2D eigenvalue weighted by atomic mass is 35.5. The molecule has 0 aliphatic carbocycles. The van der Waals surface area contributed by atoms with Gasteiger partial charge in [0.1, 0.15) is 11.3 Å². The third-order valence-corrected chi connectivity index (χ3v) is 3.95. The highest BCUT2D eigenvalue weighted by molar-refractivity contribution is 6.33. The molecule has 122 valence electrons. The average Bonchev–Trinajstić information content (AvgIpc) is 2.84. The first kappa shape index (κ1) is 16.4. The summed E-state index contributed by atoms with van der Waals surface area (Å²) in [6.07, 6.45) is 1.46. The number of carbonyl (C=O) groups excluding carboxylic acids is 2. The summed E-state index contributed by atoms with van der Waals surface area (Å²) in [5.41, 5.74) is 3.57. The van der Waals surface area contributed by atoms with E-state index in [0.29, 0.717) is 27.0 Å². The second kappa shape index (κ2) is 6.55. The number of hydrogen-bond acceptors (Lipinski definition) is 3. The Morgan fingerprint density at radius 1 is 1.04 bits per heavy atom. The van der Waals surface area contributed by atoms with Gasteiger partial charge in [0.2, 0.25) is 0 Å². The Labute approximate surface area is 148 Å². The number of nitrogens with one attached hydrogen (secondary N) is 1. The number of rotatable bonds is 3. The molecule has 0 saturated carbocycles. The number of nitrogens with zero attached hydrogens (tertiary/aromatic N) is 1. The number of ether oxygens (including phenoxy) is 1. The van der Waals surface area contributed by atoms with E-state index in [9.17, 15) is 9.59 Å². The van der Waals surface area contributed by atoms with Gasteiger partial charge in [-0.2, -0.15) is 0 Å². The first-order valence-electron chi connectivity index (χ1n) is 6.96. The van der Waals surface area contributed by atoms with Gasteiger partial charge in [-0.25, -0.2) is 5.01 Å². The lowest BCUT2D eigenvalue weighted by molar-refractivity contribution is -0.117.